The van der Waals surface area contributed by atoms with Crippen LogP contribution in [0.5, 0.6) is 5.75 Å². The molecule has 0 aliphatic carbocycles. The van der Waals surface area contributed by atoms with E-state index in [0.29, 0.717) is 23.4 Å². The van der Waals surface area contributed by atoms with E-state index < -0.39 is 12.0 Å². The van der Waals surface area contributed by atoms with Gasteiger partial charge in [-0.3, -0.25) is 9.89 Å². The first kappa shape index (κ1) is 20.8. The van der Waals surface area contributed by atoms with Crippen molar-refractivity contribution in [1.82, 2.24) is 20.7 Å². The first-order valence-corrected chi connectivity index (χ1v) is 9.58. The van der Waals surface area contributed by atoms with Crippen molar-refractivity contribution in [1.29, 1.82) is 0 Å². The van der Waals surface area contributed by atoms with E-state index in [2.05, 4.69) is 34.6 Å². The molecule has 0 aliphatic rings. The molecule has 0 radical (unpaired) electrons. The number of nitrogens with zero attached hydrogens (tertiary/aromatic N) is 2. The van der Waals surface area contributed by atoms with Crippen LogP contribution in [0.2, 0.25) is 0 Å². The number of benzene rings is 2. The fourth-order valence-electron chi connectivity index (χ4n) is 2.98. The van der Waals surface area contributed by atoms with Gasteiger partial charge in [0.15, 0.2) is 5.52 Å². The molecule has 1 amide bonds. The molecule has 29 heavy (non-hydrogen) atoms. The third-order valence-corrected chi connectivity index (χ3v) is 4.84. The van der Waals surface area contributed by atoms with Crippen molar-refractivity contribution in [2.75, 3.05) is 13.2 Å². The number of amides is 1. The summed E-state index contributed by atoms with van der Waals surface area (Å²) in [6.45, 7) is 4.75. The maximum absolute atomic E-state index is 11.1. The fourth-order valence-corrected chi connectivity index (χ4v) is 2.98. The van der Waals surface area contributed by atoms with Gasteiger partial charge in [-0.1, -0.05) is 23.4 Å². The summed E-state index contributed by atoms with van der Waals surface area (Å²) in [4.78, 5) is 11.1. The number of nitrogens with one attached hydrogen (secondary N) is 2. The van der Waals surface area contributed by atoms with E-state index in [0.717, 1.165) is 23.9 Å². The Kier molecular flexibility index (Phi) is 6.46. The van der Waals surface area contributed by atoms with E-state index >= 15 is 0 Å². The van der Waals surface area contributed by atoms with E-state index in [1.165, 1.54) is 0 Å². The molecule has 1 heterocycles. The van der Waals surface area contributed by atoms with Gasteiger partial charge in [0.05, 0.1) is 5.52 Å². The molecule has 0 saturated carbocycles. The molecule has 5 N–H and O–H groups in total. The Labute approximate surface area is 169 Å². The molecule has 3 rings (SSSR count). The molecule has 1 atom stereocenters. The van der Waals surface area contributed by atoms with Gasteiger partial charge in [-0.2, -0.15) is 0 Å². The van der Waals surface area contributed by atoms with Crippen LogP contribution >= 0.6 is 0 Å². The lowest BCUT2D eigenvalue weighted by Gasteiger charge is -2.28. The largest absolute Gasteiger partial charge is 0.488 e. The Morgan fingerprint density at radius 3 is 2.76 bits per heavy atom. The van der Waals surface area contributed by atoms with Gasteiger partial charge >= 0.3 is 0 Å². The normalized spacial score (nSPS) is 12.8. The van der Waals surface area contributed by atoms with Crippen molar-refractivity contribution in [3.8, 4) is 5.75 Å². The predicted molar refractivity (Wildman–Crippen MR) is 111 cm³/mol. The first-order valence-electron chi connectivity index (χ1n) is 9.58. The molecule has 0 fully saturated rings. The molecular formula is C21H27N5O3. The van der Waals surface area contributed by atoms with Crippen LogP contribution in [0.1, 0.15) is 36.2 Å². The Bertz CT molecular complexity index is 952. The van der Waals surface area contributed by atoms with E-state index in [9.17, 15) is 9.90 Å². The van der Waals surface area contributed by atoms with Crippen LogP contribution < -0.4 is 15.8 Å². The van der Waals surface area contributed by atoms with Crippen LogP contribution in [0.4, 0.5) is 0 Å². The van der Waals surface area contributed by atoms with Crippen LogP contribution in [0.25, 0.3) is 11.0 Å². The summed E-state index contributed by atoms with van der Waals surface area (Å²) in [6, 6.07) is 12.8. The van der Waals surface area contributed by atoms with Gasteiger partial charge in [0.25, 0.3) is 0 Å². The standard InChI is InChI=1S/C21H27N5O3/c1-21(2,11-10-14-6-8-15(9-7-14)20(22)28)23-12-16(27)13-29-18-5-3-4-17-19(18)25-26-24-17/h3-9,16,23,27H,10-13H2,1-2H3,(H2,22,28)(H,24,25,26)/t16-/m0/s1. The van der Waals surface area contributed by atoms with Crippen LogP contribution in [0.15, 0.2) is 42.5 Å². The Morgan fingerprint density at radius 1 is 1.28 bits per heavy atom. The number of H-pyrrole nitrogens is 1. The second-order valence-corrected chi connectivity index (χ2v) is 7.75. The smallest absolute Gasteiger partial charge is 0.248 e. The molecule has 0 aliphatic heterocycles. The number of carbonyl (C=O) groups excluding carboxylic acids is 1. The lowest BCUT2D eigenvalue weighted by molar-refractivity contribution is 0.0988. The number of aliphatic hydroxyl groups excluding tert-OH is 1. The summed E-state index contributed by atoms with van der Waals surface area (Å²) in [6.07, 6.45) is 1.06. The number of fused-ring (bicyclic) bond motifs is 1. The third-order valence-electron chi connectivity index (χ3n) is 4.84. The van der Waals surface area contributed by atoms with Gasteiger partial charge in [0.2, 0.25) is 5.91 Å². The average Bonchev–Trinajstić information content (AvgIpc) is 3.19. The third kappa shape index (κ3) is 5.75. The lowest BCUT2D eigenvalue weighted by Crippen LogP contribution is -2.45. The van der Waals surface area contributed by atoms with Crippen LogP contribution in [0.3, 0.4) is 0 Å². The molecular weight excluding hydrogens is 370 g/mol. The molecule has 0 spiro atoms. The van der Waals surface area contributed by atoms with Gasteiger partial charge in [-0.25, -0.2) is 0 Å². The highest BCUT2D eigenvalue weighted by molar-refractivity contribution is 5.92. The molecule has 0 bridgehead atoms. The number of aromatic nitrogens is 3. The zero-order chi connectivity index (χ0) is 20.9. The van der Waals surface area contributed by atoms with Crippen molar-refractivity contribution >= 4 is 16.9 Å². The summed E-state index contributed by atoms with van der Waals surface area (Å²) in [7, 11) is 0. The van der Waals surface area contributed by atoms with Gasteiger partial charge in [0, 0.05) is 17.6 Å². The van der Waals surface area contributed by atoms with Crippen molar-refractivity contribution in [3.63, 3.8) is 0 Å². The summed E-state index contributed by atoms with van der Waals surface area (Å²) < 4.78 is 5.71. The number of β-amino-alcohol motifs (C(OH)–C–C–N with tert-alkyl or cyclic N) is 1. The number of ether oxygens (including phenoxy) is 1. The molecule has 0 saturated heterocycles. The zero-order valence-corrected chi connectivity index (χ0v) is 16.7. The van der Waals surface area contributed by atoms with E-state index in [1.54, 1.807) is 18.2 Å². The zero-order valence-electron chi connectivity index (χ0n) is 16.7. The predicted octanol–water partition coefficient (Wildman–Crippen LogP) is 1.80. The average molecular weight is 397 g/mol. The maximum Gasteiger partial charge on any atom is 0.248 e. The monoisotopic (exact) mass is 397 g/mol. The lowest BCUT2D eigenvalue weighted by atomic mass is 9.94. The second kappa shape index (κ2) is 9.02. The second-order valence-electron chi connectivity index (χ2n) is 7.75. The minimum Gasteiger partial charge on any atom is -0.488 e. The number of aromatic amines is 1. The quantitative estimate of drug-likeness (QED) is 0.413. The van der Waals surface area contributed by atoms with E-state index in [-0.39, 0.29) is 12.1 Å². The molecule has 1 aromatic heterocycles. The van der Waals surface area contributed by atoms with E-state index in [4.69, 9.17) is 10.5 Å². The minimum absolute atomic E-state index is 0.156. The minimum atomic E-state index is -0.661. The topological polar surface area (TPSA) is 126 Å². The maximum atomic E-state index is 11.1. The number of primary amides is 1. The van der Waals surface area contributed by atoms with Gasteiger partial charge in [0.1, 0.15) is 18.5 Å². The number of nitrogens with two attached hydrogens (primary N) is 1. The summed E-state index contributed by atoms with van der Waals surface area (Å²) in [5.41, 5.74) is 8.18. The van der Waals surface area contributed by atoms with Gasteiger partial charge in [-0.15, -0.1) is 5.10 Å². The number of hydrogen-bond acceptors (Lipinski definition) is 6. The fraction of sp³-hybridized carbons (Fsp3) is 0.381. The highest BCUT2D eigenvalue weighted by atomic mass is 16.5. The number of carbonyl (C=O) groups is 1. The van der Waals surface area contributed by atoms with Gasteiger partial charge in [-0.05, 0) is 56.5 Å². The number of aryl methyl sites for hydroxylation is 1. The Morgan fingerprint density at radius 2 is 2.03 bits per heavy atom. The number of aliphatic hydroxyl groups is 1. The Balaban J connectivity index is 1.44. The SMILES string of the molecule is CC(C)(CCc1ccc(C(N)=O)cc1)NC[C@H](O)COc1cccc2[nH]nnc12. The van der Waals surface area contributed by atoms with Gasteiger partial charge < -0.3 is 20.9 Å². The van der Waals surface area contributed by atoms with Crippen molar-refractivity contribution in [3.05, 3.63) is 53.6 Å². The molecule has 154 valence electrons. The first-order chi connectivity index (χ1) is 13.8. The highest BCUT2D eigenvalue weighted by Gasteiger charge is 2.19. The summed E-state index contributed by atoms with van der Waals surface area (Å²) >= 11 is 0. The summed E-state index contributed by atoms with van der Waals surface area (Å²) in [5, 5.41) is 24.2. The van der Waals surface area contributed by atoms with E-state index in [1.807, 2.05) is 24.3 Å². The molecule has 0 unspecified atom stereocenters. The Hall–Kier alpha value is -2.97. The summed E-state index contributed by atoms with van der Waals surface area (Å²) in [5.74, 6) is 0.170. The number of rotatable bonds is 10. The van der Waals surface area contributed by atoms with Crippen molar-refractivity contribution < 1.29 is 14.6 Å². The number of hydrogen-bond donors (Lipinski definition) is 4. The molecule has 2 aromatic carbocycles. The van der Waals surface area contributed by atoms with Crippen LogP contribution in [0, 0.1) is 0 Å². The molecule has 8 nitrogen and oxygen atoms in total. The van der Waals surface area contributed by atoms with Crippen LogP contribution in [-0.2, 0) is 6.42 Å². The van der Waals surface area contributed by atoms with Crippen LogP contribution in [-0.4, -0.2) is 51.2 Å². The highest BCUT2D eigenvalue weighted by Crippen LogP contribution is 2.21. The molecule has 8 heteroatoms. The van der Waals surface area contributed by atoms with Crippen molar-refractivity contribution in [2.24, 2.45) is 5.73 Å². The molecule has 3 aromatic rings. The van der Waals surface area contributed by atoms with Crippen molar-refractivity contribution in [2.45, 2.75) is 38.3 Å².